The molecule has 2 saturated heterocycles. The number of hydrogen-bond acceptors (Lipinski definition) is 8. The van der Waals surface area contributed by atoms with Crippen molar-refractivity contribution in [1.29, 1.82) is 0 Å². The van der Waals surface area contributed by atoms with Gasteiger partial charge in [-0.1, -0.05) is 30.3 Å². The van der Waals surface area contributed by atoms with E-state index in [1.54, 1.807) is 13.0 Å². The number of pyridine rings is 1. The van der Waals surface area contributed by atoms with E-state index in [4.69, 9.17) is 24.2 Å². The van der Waals surface area contributed by atoms with Gasteiger partial charge < -0.3 is 18.8 Å². The van der Waals surface area contributed by atoms with Crippen molar-refractivity contribution >= 4 is 22.8 Å². The molecule has 1 atom stereocenters. The Morgan fingerprint density at radius 1 is 0.976 bits per heavy atom. The zero-order chi connectivity index (χ0) is 29.1. The average molecular weight is 569 g/mol. The van der Waals surface area contributed by atoms with Crippen LogP contribution in [-0.4, -0.2) is 64.1 Å². The number of carbonyl (C=O) groups is 2. The quantitative estimate of drug-likeness (QED) is 0.191. The monoisotopic (exact) mass is 568 g/mol. The molecule has 4 aromatic rings. The Morgan fingerprint density at radius 3 is 2.43 bits per heavy atom. The summed E-state index contributed by atoms with van der Waals surface area (Å²) in [6.07, 6.45) is 3.21. The zero-order valence-electron chi connectivity index (χ0n) is 24.1. The van der Waals surface area contributed by atoms with E-state index in [0.29, 0.717) is 29.5 Å². The third-order valence-electron chi connectivity index (χ3n) is 8.29. The molecule has 9 heteroatoms. The van der Waals surface area contributed by atoms with Crippen LogP contribution in [0.25, 0.3) is 11.0 Å². The Kier molecular flexibility index (Phi) is 8.30. The van der Waals surface area contributed by atoms with Gasteiger partial charge in [0.1, 0.15) is 12.4 Å². The number of ketones is 1. The van der Waals surface area contributed by atoms with Gasteiger partial charge in [0.25, 0.3) is 0 Å². The Morgan fingerprint density at radius 2 is 1.74 bits per heavy atom. The molecular weight excluding hydrogens is 532 g/mol. The van der Waals surface area contributed by atoms with Gasteiger partial charge in [-0.2, -0.15) is 0 Å². The molecule has 2 aliphatic rings. The van der Waals surface area contributed by atoms with Crippen LogP contribution in [0.1, 0.15) is 69.9 Å². The number of likely N-dealkylation sites (tertiary alicyclic amines) is 1. The van der Waals surface area contributed by atoms with Crippen LogP contribution in [0.2, 0.25) is 0 Å². The molecule has 0 radical (unpaired) electrons. The largest absolute Gasteiger partial charge is 0.473 e. The number of benzene rings is 2. The number of carbonyl (C=O) groups excluding carboxylic acids is 2. The summed E-state index contributed by atoms with van der Waals surface area (Å²) in [5.74, 6) is 1.68. The van der Waals surface area contributed by atoms with Gasteiger partial charge in [0.15, 0.2) is 5.78 Å². The Hall–Kier alpha value is -4.08. The molecule has 1 unspecified atom stereocenters. The smallest absolute Gasteiger partial charge is 0.337 e. The fourth-order valence-corrected chi connectivity index (χ4v) is 5.69. The first-order chi connectivity index (χ1) is 20.5. The summed E-state index contributed by atoms with van der Waals surface area (Å²) in [5.41, 5.74) is 5.10. The van der Waals surface area contributed by atoms with Crippen LogP contribution < -0.4 is 4.74 Å². The van der Waals surface area contributed by atoms with Crippen molar-refractivity contribution < 1.29 is 23.8 Å². The molecule has 2 fully saturated rings. The minimum Gasteiger partial charge on any atom is -0.473 e. The molecule has 4 heterocycles. The molecule has 2 aromatic carbocycles. The third-order valence-corrected chi connectivity index (χ3v) is 8.29. The Labute approximate surface area is 245 Å². The van der Waals surface area contributed by atoms with Gasteiger partial charge in [-0.25, -0.2) is 14.8 Å². The first kappa shape index (κ1) is 28.1. The maximum absolute atomic E-state index is 12.2. The lowest BCUT2D eigenvalue weighted by Crippen LogP contribution is -2.35. The van der Waals surface area contributed by atoms with Crippen molar-refractivity contribution in [2.45, 2.75) is 57.9 Å². The second-order valence-electron chi connectivity index (χ2n) is 11.1. The first-order valence-electron chi connectivity index (χ1n) is 14.6. The molecular formula is C33H36N4O5. The van der Waals surface area contributed by atoms with Crippen molar-refractivity contribution in [3.63, 3.8) is 0 Å². The number of imidazole rings is 1. The number of hydrogen-bond donors (Lipinski definition) is 0. The fourth-order valence-electron chi connectivity index (χ4n) is 5.69. The van der Waals surface area contributed by atoms with Crippen LogP contribution in [0.5, 0.6) is 5.88 Å². The summed E-state index contributed by atoms with van der Waals surface area (Å²) < 4.78 is 18.9. The van der Waals surface area contributed by atoms with E-state index < -0.39 is 0 Å². The number of esters is 1. The molecule has 0 bridgehead atoms. The molecule has 6 rings (SSSR count). The van der Waals surface area contributed by atoms with E-state index in [0.717, 1.165) is 80.2 Å². The van der Waals surface area contributed by atoms with Crippen molar-refractivity contribution in [2.24, 2.45) is 0 Å². The number of fused-ring (bicyclic) bond motifs is 1. The highest BCUT2D eigenvalue weighted by atomic mass is 16.5. The number of nitrogens with zero attached hydrogens (tertiary/aromatic N) is 4. The number of Topliss-reactive ketones (excluding diaryl/α,β-unsaturated/α-hetero) is 1. The van der Waals surface area contributed by atoms with Gasteiger partial charge in [-0.05, 0) is 69.1 Å². The van der Waals surface area contributed by atoms with Gasteiger partial charge in [0.2, 0.25) is 5.88 Å². The highest BCUT2D eigenvalue weighted by Crippen LogP contribution is 2.30. The number of methoxy groups -OCH3 is 1. The van der Waals surface area contributed by atoms with Crippen LogP contribution in [0.4, 0.5) is 0 Å². The molecule has 42 heavy (non-hydrogen) atoms. The van der Waals surface area contributed by atoms with Crippen molar-refractivity contribution in [3.8, 4) is 5.88 Å². The molecule has 2 aliphatic heterocycles. The van der Waals surface area contributed by atoms with E-state index >= 15 is 0 Å². The summed E-state index contributed by atoms with van der Waals surface area (Å²) >= 11 is 0. The van der Waals surface area contributed by atoms with Gasteiger partial charge in [-0.3, -0.25) is 9.69 Å². The molecule has 0 saturated carbocycles. The molecule has 0 aliphatic carbocycles. The Balaban J connectivity index is 1.09. The van der Waals surface area contributed by atoms with Crippen LogP contribution in [0.15, 0.2) is 60.7 Å². The average Bonchev–Trinajstić information content (AvgIpc) is 3.33. The predicted octanol–water partition coefficient (Wildman–Crippen LogP) is 5.17. The van der Waals surface area contributed by atoms with E-state index in [9.17, 15) is 9.59 Å². The summed E-state index contributed by atoms with van der Waals surface area (Å²) in [6, 6.07) is 19.0. The molecule has 0 spiro atoms. The highest BCUT2D eigenvalue weighted by Gasteiger charge is 2.26. The predicted molar refractivity (Wildman–Crippen MR) is 158 cm³/mol. The van der Waals surface area contributed by atoms with Crippen LogP contribution in [-0.2, 0) is 29.2 Å². The minimum atomic E-state index is -0.348. The first-order valence-corrected chi connectivity index (χ1v) is 14.6. The lowest BCUT2D eigenvalue weighted by atomic mass is 9.93. The lowest BCUT2D eigenvalue weighted by molar-refractivity contribution is -0.0592. The molecule has 2 aromatic heterocycles. The van der Waals surface area contributed by atoms with Crippen molar-refractivity contribution in [2.75, 3.05) is 26.8 Å². The van der Waals surface area contributed by atoms with E-state index in [2.05, 4.69) is 15.5 Å². The molecule has 0 amide bonds. The number of rotatable bonds is 10. The van der Waals surface area contributed by atoms with E-state index in [1.807, 2.05) is 48.5 Å². The normalized spacial score (nSPS) is 17.6. The summed E-state index contributed by atoms with van der Waals surface area (Å²) in [5, 5.41) is 0. The SMILES string of the molecule is COC(=O)c1ccc2nc(CN3CCC(c4cccc(OCc5ccc(C(C)=O)cc5)n4)CC3)n(CC3CCO3)c2c1. The zero-order valence-corrected chi connectivity index (χ0v) is 24.1. The second kappa shape index (κ2) is 12.4. The summed E-state index contributed by atoms with van der Waals surface area (Å²) in [7, 11) is 1.40. The number of piperidine rings is 1. The van der Waals surface area contributed by atoms with E-state index in [1.165, 1.54) is 7.11 Å². The number of aromatic nitrogens is 3. The summed E-state index contributed by atoms with van der Waals surface area (Å²) in [4.78, 5) is 35.9. The van der Waals surface area contributed by atoms with Crippen molar-refractivity contribution in [1.82, 2.24) is 19.4 Å². The van der Waals surface area contributed by atoms with Gasteiger partial charge >= 0.3 is 5.97 Å². The molecule has 218 valence electrons. The minimum absolute atomic E-state index is 0.0547. The lowest BCUT2D eigenvalue weighted by Gasteiger charge is -2.32. The van der Waals surface area contributed by atoms with Crippen LogP contribution in [0.3, 0.4) is 0 Å². The Bertz CT molecular complexity index is 1570. The molecule has 0 N–H and O–H groups in total. The summed E-state index contributed by atoms with van der Waals surface area (Å²) in [6.45, 7) is 6.11. The van der Waals surface area contributed by atoms with Crippen LogP contribution in [0, 0.1) is 0 Å². The third kappa shape index (κ3) is 6.22. The van der Waals surface area contributed by atoms with Gasteiger partial charge in [-0.15, -0.1) is 0 Å². The van der Waals surface area contributed by atoms with E-state index in [-0.39, 0.29) is 17.9 Å². The highest BCUT2D eigenvalue weighted by molar-refractivity contribution is 5.94. The maximum atomic E-state index is 12.2. The second-order valence-corrected chi connectivity index (χ2v) is 11.1. The van der Waals surface area contributed by atoms with Crippen LogP contribution >= 0.6 is 0 Å². The maximum Gasteiger partial charge on any atom is 0.337 e. The number of ether oxygens (including phenoxy) is 3. The fraction of sp³-hybridized carbons (Fsp3) is 0.394. The standard InChI is InChI=1S/C33H36N4O5/c1-22(38)24-8-6-23(7-9-24)21-42-32-5-3-4-28(35-32)25-12-15-36(16-13-25)20-31-34-29-11-10-26(33(39)40-2)18-30(29)37(31)19-27-14-17-41-27/h3-11,18,25,27H,12-17,19-21H2,1-2H3. The van der Waals surface area contributed by atoms with Gasteiger partial charge in [0, 0.05) is 29.8 Å². The topological polar surface area (TPSA) is 95.8 Å². The van der Waals surface area contributed by atoms with Gasteiger partial charge in [0.05, 0.1) is 42.9 Å². The molecule has 9 nitrogen and oxygen atoms in total. The van der Waals surface area contributed by atoms with Crippen molar-refractivity contribution in [3.05, 3.63) is 88.9 Å².